The van der Waals surface area contributed by atoms with E-state index in [-0.39, 0.29) is 31.3 Å². The number of alkyl halides is 2. The third-order valence-electron chi connectivity index (χ3n) is 4.92. The average Bonchev–Trinajstić information content (AvgIpc) is 2.95. The first kappa shape index (κ1) is 22.7. The summed E-state index contributed by atoms with van der Waals surface area (Å²) >= 11 is 0. The number of cyclic esters (lactones) is 1. The number of hydrogen-bond acceptors (Lipinski definition) is 6. The van der Waals surface area contributed by atoms with E-state index < -0.39 is 30.3 Å². The fourth-order valence-electron chi connectivity index (χ4n) is 3.31. The molecule has 0 radical (unpaired) electrons. The number of halogens is 3. The molecule has 1 aromatic rings. The molecule has 3 amide bonds. The highest BCUT2D eigenvalue weighted by Gasteiger charge is 2.33. The Morgan fingerprint density at radius 3 is 2.71 bits per heavy atom. The van der Waals surface area contributed by atoms with Crippen LogP contribution in [0.15, 0.2) is 18.2 Å². The van der Waals surface area contributed by atoms with Gasteiger partial charge in [-0.25, -0.2) is 14.2 Å². The number of benzene rings is 1. The highest BCUT2D eigenvalue weighted by Crippen LogP contribution is 2.28. The maximum absolute atomic E-state index is 14.8. The monoisotopic (exact) mass is 444 g/mol. The molecule has 2 aliphatic rings. The minimum absolute atomic E-state index is 0.0210. The lowest BCUT2D eigenvalue weighted by Gasteiger charge is -2.23. The molecular weight excluding hydrogens is 421 g/mol. The van der Waals surface area contributed by atoms with Gasteiger partial charge in [0.2, 0.25) is 5.91 Å². The molecular formula is C19H23F3N4O5. The molecule has 2 aliphatic heterocycles. The van der Waals surface area contributed by atoms with E-state index in [1.165, 1.54) is 22.1 Å². The van der Waals surface area contributed by atoms with Crippen LogP contribution in [0.5, 0.6) is 0 Å². The number of nitrogens with zero attached hydrogens (tertiary/aromatic N) is 3. The number of ether oxygens (including phenoxy) is 1. The first-order valence-corrected chi connectivity index (χ1v) is 9.82. The Kier molecular flexibility index (Phi) is 7.21. The van der Waals surface area contributed by atoms with E-state index in [1.807, 2.05) is 5.32 Å². The molecule has 0 saturated carbocycles. The fourth-order valence-corrected chi connectivity index (χ4v) is 3.31. The van der Waals surface area contributed by atoms with Crippen molar-refractivity contribution in [3.63, 3.8) is 0 Å². The standard InChI is InChI=1S/C19H23F3N4O5/c1-2-16(27)26-6-5-24(7-8-30-26)15-4-3-12(9-14(15)20)25-11-13(31-19(25)29)10-23-18(28)17(21)22/h3-4,9,13,17H,2,5-8,10-11H2,1H3,(H,23,28). The molecule has 170 valence electrons. The first-order valence-electron chi connectivity index (χ1n) is 9.82. The number of nitrogens with one attached hydrogen (secondary N) is 1. The molecule has 2 heterocycles. The summed E-state index contributed by atoms with van der Waals surface area (Å²) in [6.07, 6.45) is -4.45. The maximum Gasteiger partial charge on any atom is 0.414 e. The van der Waals surface area contributed by atoms with Crippen LogP contribution in [0, 0.1) is 5.82 Å². The van der Waals surface area contributed by atoms with Crippen LogP contribution in [0.4, 0.5) is 29.3 Å². The Morgan fingerprint density at radius 1 is 1.26 bits per heavy atom. The van der Waals surface area contributed by atoms with Crippen molar-refractivity contribution in [2.75, 3.05) is 49.1 Å². The predicted octanol–water partition coefficient (Wildman–Crippen LogP) is 1.52. The molecule has 1 aromatic carbocycles. The van der Waals surface area contributed by atoms with E-state index in [0.29, 0.717) is 31.7 Å². The zero-order valence-corrected chi connectivity index (χ0v) is 16.9. The summed E-state index contributed by atoms with van der Waals surface area (Å²) < 4.78 is 44.4. The second kappa shape index (κ2) is 9.86. The number of anilines is 2. The van der Waals surface area contributed by atoms with Gasteiger partial charge in [-0.2, -0.15) is 8.78 Å². The lowest BCUT2D eigenvalue weighted by Crippen LogP contribution is -2.37. The molecule has 1 N–H and O–H groups in total. The van der Waals surface area contributed by atoms with E-state index >= 15 is 0 Å². The molecule has 1 atom stereocenters. The van der Waals surface area contributed by atoms with Crippen molar-refractivity contribution < 1.29 is 37.1 Å². The normalized spacial score (nSPS) is 19.5. The molecule has 31 heavy (non-hydrogen) atoms. The summed E-state index contributed by atoms with van der Waals surface area (Å²) in [6, 6.07) is 4.24. The lowest BCUT2D eigenvalue weighted by atomic mass is 10.2. The van der Waals surface area contributed by atoms with Crippen LogP contribution < -0.4 is 15.1 Å². The lowest BCUT2D eigenvalue weighted by molar-refractivity contribution is -0.181. The van der Waals surface area contributed by atoms with Gasteiger partial charge in [0.25, 0.3) is 5.91 Å². The SMILES string of the molecule is CCC(=O)N1CCN(c2ccc(N3CC(CNC(=O)C(F)F)OC3=O)cc2F)CCO1. The van der Waals surface area contributed by atoms with Crippen molar-refractivity contribution in [1.29, 1.82) is 0 Å². The summed E-state index contributed by atoms with van der Waals surface area (Å²) in [4.78, 5) is 43.2. The number of hydrogen-bond donors (Lipinski definition) is 1. The summed E-state index contributed by atoms with van der Waals surface area (Å²) in [5, 5.41) is 3.27. The molecule has 2 fully saturated rings. The highest BCUT2D eigenvalue weighted by molar-refractivity contribution is 5.90. The Labute approximate surface area is 176 Å². The molecule has 1 unspecified atom stereocenters. The number of rotatable bonds is 6. The van der Waals surface area contributed by atoms with Gasteiger partial charge in [0.05, 0.1) is 37.6 Å². The van der Waals surface area contributed by atoms with Crippen molar-refractivity contribution in [3.05, 3.63) is 24.0 Å². The van der Waals surface area contributed by atoms with E-state index in [4.69, 9.17) is 9.57 Å². The third-order valence-corrected chi connectivity index (χ3v) is 4.92. The molecule has 0 aliphatic carbocycles. The van der Waals surface area contributed by atoms with Gasteiger partial charge in [0, 0.05) is 19.5 Å². The van der Waals surface area contributed by atoms with Crippen LogP contribution in [0.25, 0.3) is 0 Å². The van der Waals surface area contributed by atoms with Crippen LogP contribution in [-0.2, 0) is 19.2 Å². The van der Waals surface area contributed by atoms with E-state index in [2.05, 4.69) is 0 Å². The molecule has 0 bridgehead atoms. The molecule has 2 saturated heterocycles. The Balaban J connectivity index is 1.63. The van der Waals surface area contributed by atoms with E-state index in [9.17, 15) is 27.6 Å². The van der Waals surface area contributed by atoms with Crippen LogP contribution in [0.3, 0.4) is 0 Å². The van der Waals surface area contributed by atoms with Crippen molar-refractivity contribution in [2.45, 2.75) is 25.9 Å². The maximum atomic E-state index is 14.8. The Hall–Kier alpha value is -3.02. The van der Waals surface area contributed by atoms with Gasteiger partial charge < -0.3 is 15.0 Å². The zero-order chi connectivity index (χ0) is 22.5. The smallest absolute Gasteiger partial charge is 0.414 e. The highest BCUT2D eigenvalue weighted by atomic mass is 19.3. The Morgan fingerprint density at radius 2 is 2.03 bits per heavy atom. The molecule has 3 rings (SSSR count). The van der Waals surface area contributed by atoms with Crippen LogP contribution in [-0.4, -0.2) is 74.8 Å². The van der Waals surface area contributed by atoms with Gasteiger partial charge in [0.15, 0.2) is 0 Å². The second-order valence-corrected chi connectivity index (χ2v) is 6.97. The van der Waals surface area contributed by atoms with Crippen molar-refractivity contribution in [3.8, 4) is 0 Å². The number of carbonyl (C=O) groups excluding carboxylic acids is 3. The fraction of sp³-hybridized carbons (Fsp3) is 0.526. The summed E-state index contributed by atoms with van der Waals surface area (Å²) in [6.45, 7) is 2.70. The van der Waals surface area contributed by atoms with Crippen LogP contribution >= 0.6 is 0 Å². The van der Waals surface area contributed by atoms with Crippen molar-refractivity contribution in [1.82, 2.24) is 10.4 Å². The van der Waals surface area contributed by atoms with E-state index in [0.717, 1.165) is 0 Å². The molecule has 0 aromatic heterocycles. The quantitative estimate of drug-likeness (QED) is 0.716. The number of amides is 3. The topological polar surface area (TPSA) is 91.4 Å². The first-order chi connectivity index (χ1) is 14.8. The number of hydroxylamine groups is 2. The molecule has 9 nitrogen and oxygen atoms in total. The average molecular weight is 444 g/mol. The summed E-state index contributed by atoms with van der Waals surface area (Å²) in [5.41, 5.74) is 0.536. The predicted molar refractivity (Wildman–Crippen MR) is 103 cm³/mol. The second-order valence-electron chi connectivity index (χ2n) is 6.97. The van der Waals surface area contributed by atoms with Gasteiger partial charge >= 0.3 is 12.5 Å². The molecule has 12 heteroatoms. The van der Waals surface area contributed by atoms with Crippen molar-refractivity contribution >= 4 is 29.3 Å². The van der Waals surface area contributed by atoms with Gasteiger partial charge in [0.1, 0.15) is 11.9 Å². The van der Waals surface area contributed by atoms with Gasteiger partial charge in [-0.3, -0.25) is 19.3 Å². The summed E-state index contributed by atoms with van der Waals surface area (Å²) in [5.74, 6) is -2.18. The van der Waals surface area contributed by atoms with E-state index in [1.54, 1.807) is 17.9 Å². The zero-order valence-electron chi connectivity index (χ0n) is 16.9. The van der Waals surface area contributed by atoms with Crippen LogP contribution in [0.2, 0.25) is 0 Å². The van der Waals surface area contributed by atoms with Gasteiger partial charge in [-0.15, -0.1) is 0 Å². The Bertz CT molecular complexity index is 841. The number of carbonyl (C=O) groups is 3. The van der Waals surface area contributed by atoms with Gasteiger partial charge in [-0.1, -0.05) is 6.92 Å². The van der Waals surface area contributed by atoms with Gasteiger partial charge in [-0.05, 0) is 18.2 Å². The minimum Gasteiger partial charge on any atom is -0.442 e. The third kappa shape index (κ3) is 5.37. The summed E-state index contributed by atoms with van der Waals surface area (Å²) in [7, 11) is 0. The van der Waals surface area contributed by atoms with Crippen LogP contribution in [0.1, 0.15) is 13.3 Å². The largest absolute Gasteiger partial charge is 0.442 e. The minimum atomic E-state index is -3.16. The molecule has 0 spiro atoms. The van der Waals surface area contributed by atoms with Crippen molar-refractivity contribution in [2.24, 2.45) is 0 Å².